The van der Waals surface area contributed by atoms with Crippen LogP contribution in [0.15, 0.2) is 46.9 Å². The van der Waals surface area contributed by atoms with E-state index in [1.54, 1.807) is 6.07 Å². The number of aromatic nitrogens is 1. The number of nitrogens with zero attached hydrogens (tertiary/aromatic N) is 1. The van der Waals surface area contributed by atoms with Gasteiger partial charge in [-0.25, -0.2) is 9.37 Å². The van der Waals surface area contributed by atoms with E-state index >= 15 is 0 Å². The Balaban J connectivity index is 1.78. The van der Waals surface area contributed by atoms with Crippen molar-refractivity contribution in [3.05, 3.63) is 59.7 Å². The molecule has 3 nitrogen and oxygen atoms in total. The molecule has 1 aromatic heterocycles. The van der Waals surface area contributed by atoms with E-state index in [1.807, 2.05) is 38.1 Å². The predicted octanol–water partition coefficient (Wildman–Crippen LogP) is 4.70. The van der Waals surface area contributed by atoms with Crippen LogP contribution in [0, 0.1) is 5.82 Å². The summed E-state index contributed by atoms with van der Waals surface area (Å²) >= 11 is 0. The van der Waals surface area contributed by atoms with Crippen LogP contribution in [0.25, 0.3) is 11.1 Å². The highest BCUT2D eigenvalue weighted by atomic mass is 19.1. The molecule has 0 aliphatic heterocycles. The number of fused-ring (bicyclic) bond motifs is 1. The average molecular weight is 284 g/mol. The summed E-state index contributed by atoms with van der Waals surface area (Å²) in [5, 5.41) is 3.27. The molecule has 3 aromatic rings. The van der Waals surface area contributed by atoms with E-state index in [2.05, 4.69) is 10.3 Å². The maximum atomic E-state index is 13.1. The van der Waals surface area contributed by atoms with Gasteiger partial charge in [0, 0.05) is 18.2 Å². The van der Waals surface area contributed by atoms with E-state index in [1.165, 1.54) is 12.1 Å². The molecule has 1 heterocycles. The monoisotopic (exact) mass is 284 g/mol. The maximum absolute atomic E-state index is 13.1. The van der Waals surface area contributed by atoms with E-state index in [0.29, 0.717) is 6.54 Å². The summed E-state index contributed by atoms with van der Waals surface area (Å²) in [7, 11) is 0. The van der Waals surface area contributed by atoms with Gasteiger partial charge in [0.2, 0.25) is 0 Å². The molecule has 0 saturated carbocycles. The number of halogens is 1. The van der Waals surface area contributed by atoms with Crippen LogP contribution in [0.1, 0.15) is 31.2 Å². The largest absolute Gasteiger partial charge is 0.440 e. The molecule has 0 amide bonds. The van der Waals surface area contributed by atoms with Crippen molar-refractivity contribution < 1.29 is 8.81 Å². The van der Waals surface area contributed by atoms with E-state index in [-0.39, 0.29) is 11.7 Å². The first kappa shape index (κ1) is 13.6. The molecule has 0 saturated heterocycles. The van der Waals surface area contributed by atoms with Crippen LogP contribution >= 0.6 is 0 Å². The third-order valence-corrected chi connectivity index (χ3v) is 3.28. The molecule has 0 unspecified atom stereocenters. The van der Waals surface area contributed by atoms with Gasteiger partial charge >= 0.3 is 0 Å². The van der Waals surface area contributed by atoms with Gasteiger partial charge < -0.3 is 9.73 Å². The number of rotatable bonds is 4. The zero-order valence-electron chi connectivity index (χ0n) is 12.1. The Labute approximate surface area is 122 Å². The van der Waals surface area contributed by atoms with Crippen molar-refractivity contribution in [2.75, 3.05) is 5.32 Å². The Morgan fingerprint density at radius 3 is 2.81 bits per heavy atom. The van der Waals surface area contributed by atoms with Crippen molar-refractivity contribution in [3.63, 3.8) is 0 Å². The van der Waals surface area contributed by atoms with Gasteiger partial charge in [-0.1, -0.05) is 26.0 Å². The number of benzene rings is 2. The molecule has 0 spiro atoms. The lowest BCUT2D eigenvalue weighted by Gasteiger charge is -2.06. The van der Waals surface area contributed by atoms with Crippen LogP contribution < -0.4 is 5.32 Å². The zero-order chi connectivity index (χ0) is 14.8. The molecule has 0 aliphatic carbocycles. The Bertz CT molecular complexity index is 764. The van der Waals surface area contributed by atoms with Gasteiger partial charge in [-0.2, -0.15) is 0 Å². The first-order chi connectivity index (χ1) is 10.1. The summed E-state index contributed by atoms with van der Waals surface area (Å²) in [6.07, 6.45) is 0. The fraction of sp³-hybridized carbons (Fsp3) is 0.235. The number of hydrogen-bond acceptors (Lipinski definition) is 3. The van der Waals surface area contributed by atoms with Crippen LogP contribution in [0.2, 0.25) is 0 Å². The average Bonchev–Trinajstić information content (AvgIpc) is 2.88. The van der Waals surface area contributed by atoms with Crippen molar-refractivity contribution >= 4 is 16.8 Å². The number of anilines is 1. The zero-order valence-corrected chi connectivity index (χ0v) is 12.1. The van der Waals surface area contributed by atoms with Crippen LogP contribution in [0.5, 0.6) is 0 Å². The van der Waals surface area contributed by atoms with Gasteiger partial charge in [0.15, 0.2) is 11.5 Å². The molecular weight excluding hydrogens is 267 g/mol. The summed E-state index contributed by atoms with van der Waals surface area (Å²) in [5.41, 5.74) is 3.46. The summed E-state index contributed by atoms with van der Waals surface area (Å²) in [6, 6.07) is 12.4. The van der Waals surface area contributed by atoms with Crippen molar-refractivity contribution in [2.24, 2.45) is 0 Å². The number of nitrogens with one attached hydrogen (secondary N) is 1. The highest BCUT2D eigenvalue weighted by molar-refractivity contribution is 5.77. The molecule has 4 heteroatoms. The van der Waals surface area contributed by atoms with Crippen LogP contribution in [0.3, 0.4) is 0 Å². The third kappa shape index (κ3) is 3.05. The summed E-state index contributed by atoms with van der Waals surface area (Å²) in [5.74, 6) is 0.788. The van der Waals surface area contributed by atoms with Crippen molar-refractivity contribution in [2.45, 2.75) is 26.3 Å². The highest BCUT2D eigenvalue weighted by Gasteiger charge is 2.09. The summed E-state index contributed by atoms with van der Waals surface area (Å²) in [4.78, 5) is 4.48. The Kier molecular flexibility index (Phi) is 3.60. The van der Waals surface area contributed by atoms with Gasteiger partial charge in [0.1, 0.15) is 11.3 Å². The summed E-state index contributed by atoms with van der Waals surface area (Å²) < 4.78 is 18.8. The minimum Gasteiger partial charge on any atom is -0.440 e. The molecule has 0 radical (unpaired) electrons. The molecule has 0 bridgehead atoms. The Morgan fingerprint density at radius 2 is 2.05 bits per heavy atom. The first-order valence-corrected chi connectivity index (χ1v) is 7.00. The Hall–Kier alpha value is -2.36. The van der Waals surface area contributed by atoms with Crippen LogP contribution in [0.4, 0.5) is 10.1 Å². The molecule has 2 aromatic carbocycles. The van der Waals surface area contributed by atoms with Gasteiger partial charge in [0.05, 0.1) is 0 Å². The third-order valence-electron chi connectivity index (χ3n) is 3.28. The van der Waals surface area contributed by atoms with E-state index in [9.17, 15) is 4.39 Å². The molecule has 21 heavy (non-hydrogen) atoms. The van der Waals surface area contributed by atoms with Gasteiger partial charge in [-0.15, -0.1) is 0 Å². The standard InChI is InChI=1S/C17H17FN2O/c1-11(2)17-20-15-9-14(6-7-16(15)21-17)19-10-12-4-3-5-13(18)8-12/h3-9,11,19H,10H2,1-2H3. The van der Waals surface area contributed by atoms with Gasteiger partial charge in [0.25, 0.3) is 0 Å². The highest BCUT2D eigenvalue weighted by Crippen LogP contribution is 2.24. The smallest absolute Gasteiger partial charge is 0.198 e. The fourth-order valence-corrected chi connectivity index (χ4v) is 2.15. The minimum atomic E-state index is -0.220. The lowest BCUT2D eigenvalue weighted by atomic mass is 10.2. The number of hydrogen-bond donors (Lipinski definition) is 1. The second kappa shape index (κ2) is 5.56. The first-order valence-electron chi connectivity index (χ1n) is 7.00. The van der Waals surface area contributed by atoms with Crippen LogP contribution in [-0.2, 0) is 6.54 Å². The van der Waals surface area contributed by atoms with E-state index < -0.39 is 0 Å². The molecule has 108 valence electrons. The summed E-state index contributed by atoms with van der Waals surface area (Å²) in [6.45, 7) is 4.67. The second-order valence-electron chi connectivity index (χ2n) is 5.37. The quantitative estimate of drug-likeness (QED) is 0.754. The lowest BCUT2D eigenvalue weighted by molar-refractivity contribution is 0.501. The topological polar surface area (TPSA) is 38.1 Å². The maximum Gasteiger partial charge on any atom is 0.198 e. The van der Waals surface area contributed by atoms with Crippen molar-refractivity contribution in [1.29, 1.82) is 0 Å². The minimum absolute atomic E-state index is 0.220. The molecule has 0 atom stereocenters. The predicted molar refractivity (Wildman–Crippen MR) is 81.8 cm³/mol. The van der Waals surface area contributed by atoms with Gasteiger partial charge in [-0.05, 0) is 35.9 Å². The van der Waals surface area contributed by atoms with E-state index in [4.69, 9.17) is 4.42 Å². The van der Waals surface area contributed by atoms with Crippen molar-refractivity contribution in [3.8, 4) is 0 Å². The fourth-order valence-electron chi connectivity index (χ4n) is 2.15. The molecule has 3 rings (SSSR count). The normalized spacial score (nSPS) is 11.2. The Morgan fingerprint density at radius 1 is 1.19 bits per heavy atom. The van der Waals surface area contributed by atoms with E-state index in [0.717, 1.165) is 28.2 Å². The number of oxazole rings is 1. The molecular formula is C17H17FN2O. The van der Waals surface area contributed by atoms with Crippen LogP contribution in [-0.4, -0.2) is 4.98 Å². The van der Waals surface area contributed by atoms with Crippen molar-refractivity contribution in [1.82, 2.24) is 4.98 Å². The second-order valence-corrected chi connectivity index (χ2v) is 5.37. The molecule has 0 aliphatic rings. The molecule has 1 N–H and O–H groups in total. The molecule has 0 fully saturated rings. The van der Waals surface area contributed by atoms with Gasteiger partial charge in [-0.3, -0.25) is 0 Å². The SMILES string of the molecule is CC(C)c1nc2cc(NCc3cccc(F)c3)ccc2o1. The lowest BCUT2D eigenvalue weighted by Crippen LogP contribution is -1.99.